The average molecular weight is 708 g/mol. The molecular weight excluding hydrogens is 676 g/mol. The van der Waals surface area contributed by atoms with Gasteiger partial charge in [-0.25, -0.2) is 9.97 Å². The van der Waals surface area contributed by atoms with Gasteiger partial charge in [0.2, 0.25) is 5.95 Å². The molecule has 0 aliphatic rings. The van der Waals surface area contributed by atoms with Crippen molar-refractivity contribution < 1.29 is 50.1 Å². The number of nitrogens with zero attached hydrogens (tertiary/aromatic N) is 2. The topological polar surface area (TPSA) is 91.8 Å². The van der Waals surface area contributed by atoms with Crippen LogP contribution < -0.4 is 19.5 Å². The predicted octanol–water partition coefficient (Wildman–Crippen LogP) is 8.19. The van der Waals surface area contributed by atoms with Gasteiger partial charge in [0.25, 0.3) is 0 Å². The monoisotopic (exact) mass is 707 g/mol. The predicted molar refractivity (Wildman–Crippen MR) is 156 cm³/mol. The number of carbonyl (C=O) groups is 1. The molecule has 0 bridgehead atoms. The number of hydrogen-bond donors (Lipinski definition) is 1. The Hall–Kier alpha value is -3.75. The number of nitrogens with one attached hydrogen (secondary N) is 1. The van der Waals surface area contributed by atoms with Crippen molar-refractivity contribution in [1.29, 1.82) is 0 Å². The molecule has 0 spiro atoms. The Kier molecular flexibility index (Phi) is 11.6. The van der Waals surface area contributed by atoms with E-state index >= 15 is 0 Å². The van der Waals surface area contributed by atoms with Crippen molar-refractivity contribution >= 4 is 27.8 Å². The summed E-state index contributed by atoms with van der Waals surface area (Å²) in [5.74, 6) is 0.553. The molecule has 246 valence electrons. The molecule has 1 unspecified atom stereocenters. The minimum atomic E-state index is -5.01. The molecule has 45 heavy (non-hydrogen) atoms. The molecule has 0 amide bonds. The first-order valence-electron chi connectivity index (χ1n) is 13.5. The molecule has 0 radical (unpaired) electrons. The minimum Gasteiger partial charge on any atom is -0.493 e. The van der Waals surface area contributed by atoms with Crippen LogP contribution in [0.15, 0.2) is 47.2 Å². The first-order valence-corrected chi connectivity index (χ1v) is 14.3. The van der Waals surface area contributed by atoms with Crippen molar-refractivity contribution in [3.63, 3.8) is 0 Å². The molecule has 2 aromatic carbocycles. The lowest BCUT2D eigenvalue weighted by Gasteiger charge is -2.23. The van der Waals surface area contributed by atoms with Gasteiger partial charge in [-0.15, -0.1) is 0 Å². The number of hydrogen-bond acceptors (Lipinski definition) is 8. The van der Waals surface area contributed by atoms with E-state index in [-0.39, 0.29) is 54.5 Å². The molecule has 1 aromatic heterocycles. The molecule has 1 heterocycles. The second kappa shape index (κ2) is 14.6. The second-order valence-electron chi connectivity index (χ2n) is 10.8. The van der Waals surface area contributed by atoms with Gasteiger partial charge >= 0.3 is 18.3 Å². The van der Waals surface area contributed by atoms with Crippen molar-refractivity contribution in [2.24, 2.45) is 0 Å². The number of rotatable bonds is 12. The fourth-order valence-corrected chi connectivity index (χ4v) is 4.77. The zero-order valence-electron chi connectivity index (χ0n) is 25.0. The number of alkyl halides is 6. The van der Waals surface area contributed by atoms with Gasteiger partial charge in [-0.3, -0.25) is 4.79 Å². The first kappa shape index (κ1) is 35.7. The molecule has 1 atom stereocenters. The number of aromatic nitrogens is 2. The fraction of sp³-hybridized carbons (Fsp3) is 0.433. The normalized spacial score (nSPS) is 12.8. The van der Waals surface area contributed by atoms with Crippen LogP contribution in [0, 0.1) is 0 Å². The van der Waals surface area contributed by atoms with Crippen LogP contribution in [0.4, 0.5) is 32.3 Å². The summed E-state index contributed by atoms with van der Waals surface area (Å²) in [7, 11) is 2.80. The Bertz CT molecular complexity index is 1430. The molecule has 0 saturated heterocycles. The number of ether oxygens (including phenoxy) is 4. The molecule has 0 aliphatic heterocycles. The van der Waals surface area contributed by atoms with Crippen LogP contribution in [-0.4, -0.2) is 42.4 Å². The summed E-state index contributed by atoms with van der Waals surface area (Å²) in [6, 6.07) is 3.59. The smallest absolute Gasteiger partial charge is 0.416 e. The molecule has 0 aliphatic carbocycles. The van der Waals surface area contributed by atoms with Gasteiger partial charge in [0.05, 0.1) is 50.4 Å². The van der Waals surface area contributed by atoms with Crippen molar-refractivity contribution in [2.45, 2.75) is 64.0 Å². The molecule has 0 fully saturated rings. The van der Waals surface area contributed by atoms with E-state index in [9.17, 15) is 31.1 Å². The zero-order chi connectivity index (χ0) is 33.6. The van der Waals surface area contributed by atoms with Crippen molar-refractivity contribution in [3.05, 3.63) is 69.5 Å². The van der Waals surface area contributed by atoms with Crippen LogP contribution in [-0.2, 0) is 28.3 Å². The molecule has 3 rings (SSSR count). The summed E-state index contributed by atoms with van der Waals surface area (Å²) < 4.78 is 103. The van der Waals surface area contributed by atoms with Gasteiger partial charge in [0.15, 0.2) is 17.2 Å². The quantitative estimate of drug-likeness (QED) is 0.115. The SMILES string of the molecule is COc1cc(Br)c(C(Cc2cc(C(F)(F)F)cc(C(F)(F)F)c2)Nc2ncc(OCCCC(=O)OC(C)(C)C)cn2)cc1OC. The largest absolute Gasteiger partial charge is 0.493 e. The Morgan fingerprint density at radius 3 is 1.96 bits per heavy atom. The van der Waals surface area contributed by atoms with E-state index < -0.39 is 35.1 Å². The van der Waals surface area contributed by atoms with Crippen LogP contribution >= 0.6 is 15.9 Å². The number of esters is 1. The highest BCUT2D eigenvalue weighted by Gasteiger charge is 2.37. The molecule has 0 saturated carbocycles. The highest BCUT2D eigenvalue weighted by molar-refractivity contribution is 9.10. The second-order valence-corrected chi connectivity index (χ2v) is 11.7. The minimum absolute atomic E-state index is 0.0193. The standard InChI is InChI=1S/C30H32BrF6N3O5/c1-28(2,3)45-26(41)7-6-8-44-20-15-38-27(39-16-20)40-23(21-13-24(42-4)25(43-5)14-22(21)31)11-17-9-18(29(32,33)34)12-19(10-17)30(35,36)37/h9-10,12-16,23H,6-8,11H2,1-5H3,(H,38,39,40). The van der Waals surface area contributed by atoms with Crippen LogP contribution in [0.1, 0.15) is 61.9 Å². The van der Waals surface area contributed by atoms with E-state index in [0.29, 0.717) is 34.3 Å². The fourth-order valence-electron chi connectivity index (χ4n) is 4.17. The molecule has 1 N–H and O–H groups in total. The van der Waals surface area contributed by atoms with E-state index in [4.69, 9.17) is 18.9 Å². The van der Waals surface area contributed by atoms with Gasteiger partial charge in [-0.1, -0.05) is 15.9 Å². The number of halogens is 7. The highest BCUT2D eigenvalue weighted by Crippen LogP contribution is 2.40. The summed E-state index contributed by atoms with van der Waals surface area (Å²) >= 11 is 3.41. The third-order valence-corrected chi connectivity index (χ3v) is 6.80. The number of carbonyl (C=O) groups excluding carboxylic acids is 1. The zero-order valence-corrected chi connectivity index (χ0v) is 26.6. The number of benzene rings is 2. The Morgan fingerprint density at radius 1 is 0.889 bits per heavy atom. The Morgan fingerprint density at radius 2 is 1.44 bits per heavy atom. The summed E-state index contributed by atoms with van der Waals surface area (Å²) in [6.07, 6.45) is -7.13. The van der Waals surface area contributed by atoms with E-state index in [1.54, 1.807) is 32.9 Å². The third-order valence-electron chi connectivity index (χ3n) is 6.11. The van der Waals surface area contributed by atoms with Gasteiger partial charge in [0, 0.05) is 10.9 Å². The third kappa shape index (κ3) is 10.7. The van der Waals surface area contributed by atoms with Crippen molar-refractivity contribution in [1.82, 2.24) is 9.97 Å². The van der Waals surface area contributed by atoms with Gasteiger partial charge in [-0.2, -0.15) is 26.3 Å². The first-order chi connectivity index (χ1) is 20.9. The van der Waals surface area contributed by atoms with E-state index in [0.717, 1.165) is 0 Å². The summed E-state index contributed by atoms with van der Waals surface area (Å²) in [4.78, 5) is 20.3. The Labute approximate surface area is 264 Å². The highest BCUT2D eigenvalue weighted by atomic mass is 79.9. The lowest BCUT2D eigenvalue weighted by Crippen LogP contribution is -2.23. The molecule has 8 nitrogen and oxygen atoms in total. The van der Waals surface area contributed by atoms with Gasteiger partial charge < -0.3 is 24.3 Å². The van der Waals surface area contributed by atoms with Crippen molar-refractivity contribution in [3.8, 4) is 17.2 Å². The summed E-state index contributed by atoms with van der Waals surface area (Å²) in [5.41, 5.74) is -3.27. The number of anilines is 1. The maximum atomic E-state index is 13.6. The van der Waals surface area contributed by atoms with Crippen molar-refractivity contribution in [2.75, 3.05) is 26.1 Å². The molecule has 15 heteroatoms. The summed E-state index contributed by atoms with van der Waals surface area (Å²) in [6.45, 7) is 5.47. The van der Waals surface area contributed by atoms with E-state index in [1.807, 2.05) is 0 Å². The van der Waals surface area contributed by atoms with Gasteiger partial charge in [-0.05, 0) is 75.1 Å². The van der Waals surface area contributed by atoms with Crippen LogP contribution in [0.3, 0.4) is 0 Å². The average Bonchev–Trinajstić information content (AvgIpc) is 2.93. The van der Waals surface area contributed by atoms with Crippen LogP contribution in [0.2, 0.25) is 0 Å². The maximum absolute atomic E-state index is 13.6. The molecular formula is C30H32BrF6N3O5. The number of methoxy groups -OCH3 is 2. The van der Waals surface area contributed by atoms with E-state index in [1.165, 1.54) is 26.6 Å². The van der Waals surface area contributed by atoms with Crippen LogP contribution in [0.5, 0.6) is 17.2 Å². The Balaban J connectivity index is 1.88. The van der Waals surface area contributed by atoms with E-state index in [2.05, 4.69) is 31.2 Å². The molecule has 3 aromatic rings. The van der Waals surface area contributed by atoms with Crippen LogP contribution in [0.25, 0.3) is 0 Å². The lowest BCUT2D eigenvalue weighted by atomic mass is 9.95. The summed E-state index contributed by atoms with van der Waals surface area (Å²) in [5, 5.41) is 2.99. The van der Waals surface area contributed by atoms with Gasteiger partial charge in [0.1, 0.15) is 5.60 Å². The maximum Gasteiger partial charge on any atom is 0.416 e. The lowest BCUT2D eigenvalue weighted by molar-refractivity contribution is -0.155.